The Morgan fingerprint density at radius 1 is 1.40 bits per heavy atom. The van der Waals surface area contributed by atoms with Crippen molar-refractivity contribution in [3.63, 3.8) is 0 Å². The molecule has 1 aromatic rings. The topological polar surface area (TPSA) is 35.8 Å². The number of halogens is 2. The van der Waals surface area contributed by atoms with Crippen LogP contribution in [0.2, 0.25) is 0 Å². The van der Waals surface area contributed by atoms with Gasteiger partial charge in [0.25, 0.3) is 0 Å². The van der Waals surface area contributed by atoms with Gasteiger partial charge < -0.3 is 5.32 Å². The maximum Gasteiger partial charge on any atom is 0.146 e. The van der Waals surface area contributed by atoms with Crippen molar-refractivity contribution in [2.75, 3.05) is 11.9 Å². The van der Waals surface area contributed by atoms with Gasteiger partial charge >= 0.3 is 0 Å². The van der Waals surface area contributed by atoms with Crippen molar-refractivity contribution in [3.05, 3.63) is 29.3 Å². The summed E-state index contributed by atoms with van der Waals surface area (Å²) in [5.41, 5.74) is 0.367. The number of hydrogen-bond donors (Lipinski definition) is 1. The van der Waals surface area contributed by atoms with Gasteiger partial charge in [-0.2, -0.15) is 5.26 Å². The Balaban J connectivity index is 2.78. The van der Waals surface area contributed by atoms with Crippen molar-refractivity contribution < 1.29 is 8.78 Å². The Labute approximate surface area is 87.5 Å². The van der Waals surface area contributed by atoms with Gasteiger partial charge in [-0.1, -0.05) is 0 Å². The molecule has 0 aromatic heterocycles. The highest BCUT2D eigenvalue weighted by Crippen LogP contribution is 2.18. The number of aryl methyl sites for hydroxylation is 1. The van der Waals surface area contributed by atoms with E-state index in [4.69, 9.17) is 5.26 Å². The Morgan fingerprint density at radius 3 is 2.67 bits per heavy atom. The molecule has 0 bridgehead atoms. The van der Waals surface area contributed by atoms with Crippen LogP contribution in [0, 0.1) is 35.8 Å². The number of nitrogens with zero attached hydrogens (tertiary/aromatic N) is 1. The Kier molecular flexibility index (Phi) is 3.62. The van der Waals surface area contributed by atoms with Gasteiger partial charge in [0, 0.05) is 12.6 Å². The molecule has 1 rings (SSSR count). The molecule has 4 heteroatoms. The summed E-state index contributed by atoms with van der Waals surface area (Å²) >= 11 is 0. The molecule has 0 amide bonds. The van der Waals surface area contributed by atoms with Crippen LogP contribution >= 0.6 is 0 Å². The van der Waals surface area contributed by atoms with Crippen LogP contribution in [0.3, 0.4) is 0 Å². The molecule has 1 atom stereocenters. The molecule has 0 fully saturated rings. The fraction of sp³-hybridized carbons (Fsp3) is 0.364. The Hall–Kier alpha value is -1.63. The third kappa shape index (κ3) is 2.91. The van der Waals surface area contributed by atoms with Gasteiger partial charge in [-0.25, -0.2) is 8.78 Å². The Bertz CT molecular complexity index is 396. The van der Waals surface area contributed by atoms with Crippen molar-refractivity contribution in [2.24, 2.45) is 5.92 Å². The van der Waals surface area contributed by atoms with Crippen molar-refractivity contribution in [3.8, 4) is 6.07 Å². The molecule has 1 N–H and O–H groups in total. The predicted molar refractivity (Wildman–Crippen MR) is 54.4 cm³/mol. The van der Waals surface area contributed by atoms with E-state index in [-0.39, 0.29) is 17.2 Å². The highest BCUT2D eigenvalue weighted by Gasteiger charge is 2.07. The lowest BCUT2D eigenvalue weighted by molar-refractivity contribution is 0.593. The molecule has 0 heterocycles. The molecule has 0 saturated carbocycles. The van der Waals surface area contributed by atoms with Gasteiger partial charge in [0.1, 0.15) is 11.6 Å². The second-order valence-electron chi connectivity index (χ2n) is 3.49. The maximum atomic E-state index is 13.3. The van der Waals surface area contributed by atoms with Gasteiger partial charge in [-0.15, -0.1) is 0 Å². The number of anilines is 1. The molecule has 1 aromatic carbocycles. The number of nitriles is 1. The summed E-state index contributed by atoms with van der Waals surface area (Å²) in [5.74, 6) is -1.20. The smallest absolute Gasteiger partial charge is 0.146 e. The van der Waals surface area contributed by atoms with E-state index in [9.17, 15) is 8.78 Å². The molecule has 0 radical (unpaired) electrons. The minimum Gasteiger partial charge on any atom is -0.381 e. The fourth-order valence-electron chi connectivity index (χ4n) is 1.09. The van der Waals surface area contributed by atoms with E-state index in [0.29, 0.717) is 6.54 Å². The highest BCUT2D eigenvalue weighted by atomic mass is 19.1. The van der Waals surface area contributed by atoms with Gasteiger partial charge in [0.05, 0.1) is 17.7 Å². The standard InChI is InChI=1S/C11H12F2N2/c1-7(5-14)6-15-11-4-9(12)8(2)3-10(11)13/h3-4,7,15H,6H2,1-2H3. The monoisotopic (exact) mass is 210 g/mol. The van der Waals surface area contributed by atoms with E-state index in [2.05, 4.69) is 5.32 Å². The quantitative estimate of drug-likeness (QED) is 0.832. The van der Waals surface area contributed by atoms with E-state index in [1.54, 1.807) is 6.92 Å². The molecule has 0 aliphatic heterocycles. The first kappa shape index (κ1) is 11.4. The molecule has 80 valence electrons. The summed E-state index contributed by atoms with van der Waals surface area (Å²) in [6.07, 6.45) is 0. The summed E-state index contributed by atoms with van der Waals surface area (Å²) in [6, 6.07) is 4.24. The van der Waals surface area contributed by atoms with Crippen LogP contribution in [0.15, 0.2) is 12.1 Å². The largest absolute Gasteiger partial charge is 0.381 e. The average molecular weight is 210 g/mol. The number of hydrogen-bond acceptors (Lipinski definition) is 2. The Morgan fingerprint density at radius 2 is 2.07 bits per heavy atom. The van der Waals surface area contributed by atoms with E-state index in [1.807, 2.05) is 6.07 Å². The summed E-state index contributed by atoms with van der Waals surface area (Å²) in [7, 11) is 0. The second kappa shape index (κ2) is 4.74. The van der Waals surface area contributed by atoms with Crippen LogP contribution in [0.25, 0.3) is 0 Å². The van der Waals surface area contributed by atoms with Crippen LogP contribution in [0.1, 0.15) is 12.5 Å². The zero-order valence-electron chi connectivity index (χ0n) is 8.64. The lowest BCUT2D eigenvalue weighted by Crippen LogP contribution is -2.10. The van der Waals surface area contributed by atoms with Crippen LogP contribution in [-0.2, 0) is 0 Å². The second-order valence-corrected chi connectivity index (χ2v) is 3.49. The highest BCUT2D eigenvalue weighted by molar-refractivity contribution is 5.47. The average Bonchev–Trinajstić information content (AvgIpc) is 2.21. The maximum absolute atomic E-state index is 13.3. The van der Waals surface area contributed by atoms with E-state index in [0.717, 1.165) is 12.1 Å². The van der Waals surface area contributed by atoms with Crippen LogP contribution in [0.5, 0.6) is 0 Å². The van der Waals surface area contributed by atoms with Crippen molar-refractivity contribution in [1.29, 1.82) is 5.26 Å². The third-order valence-electron chi connectivity index (χ3n) is 2.07. The third-order valence-corrected chi connectivity index (χ3v) is 2.07. The van der Waals surface area contributed by atoms with Gasteiger partial charge in [0.2, 0.25) is 0 Å². The van der Waals surface area contributed by atoms with Crippen molar-refractivity contribution >= 4 is 5.69 Å². The molecule has 1 unspecified atom stereocenters. The summed E-state index contributed by atoms with van der Waals surface area (Å²) in [5, 5.41) is 11.2. The summed E-state index contributed by atoms with van der Waals surface area (Å²) in [6.45, 7) is 3.51. The first-order valence-electron chi connectivity index (χ1n) is 4.63. The van der Waals surface area contributed by atoms with Gasteiger partial charge in [-0.05, 0) is 25.5 Å². The van der Waals surface area contributed by atoms with Crippen LogP contribution < -0.4 is 5.32 Å². The number of rotatable bonds is 3. The molecule has 0 aliphatic carbocycles. The number of benzene rings is 1. The molecule has 15 heavy (non-hydrogen) atoms. The molecule has 0 spiro atoms. The summed E-state index contributed by atoms with van der Waals surface area (Å²) < 4.78 is 26.4. The first-order chi connectivity index (χ1) is 7.04. The molecular weight excluding hydrogens is 198 g/mol. The lowest BCUT2D eigenvalue weighted by Gasteiger charge is -2.09. The minimum absolute atomic E-state index is 0.0974. The predicted octanol–water partition coefficient (Wildman–Crippen LogP) is 2.84. The molecule has 2 nitrogen and oxygen atoms in total. The van der Waals surface area contributed by atoms with E-state index < -0.39 is 11.6 Å². The minimum atomic E-state index is -0.501. The summed E-state index contributed by atoms with van der Waals surface area (Å²) in [4.78, 5) is 0. The van der Waals surface area contributed by atoms with Crippen LogP contribution in [0.4, 0.5) is 14.5 Å². The van der Waals surface area contributed by atoms with Crippen molar-refractivity contribution in [1.82, 2.24) is 0 Å². The molecule has 0 saturated heterocycles. The normalized spacial score (nSPS) is 11.9. The molecule has 0 aliphatic rings. The van der Waals surface area contributed by atoms with Gasteiger partial charge in [-0.3, -0.25) is 0 Å². The van der Waals surface area contributed by atoms with Gasteiger partial charge in [0.15, 0.2) is 0 Å². The molecular formula is C11H12F2N2. The van der Waals surface area contributed by atoms with Crippen LogP contribution in [-0.4, -0.2) is 6.54 Å². The van der Waals surface area contributed by atoms with E-state index in [1.165, 1.54) is 6.92 Å². The number of nitrogens with one attached hydrogen (secondary N) is 1. The SMILES string of the molecule is Cc1cc(F)c(NCC(C)C#N)cc1F. The fourth-order valence-corrected chi connectivity index (χ4v) is 1.09. The zero-order valence-corrected chi connectivity index (χ0v) is 8.64. The lowest BCUT2D eigenvalue weighted by atomic mass is 10.1. The first-order valence-corrected chi connectivity index (χ1v) is 4.63. The zero-order chi connectivity index (χ0) is 11.4. The van der Waals surface area contributed by atoms with E-state index >= 15 is 0 Å². The van der Waals surface area contributed by atoms with Crippen molar-refractivity contribution in [2.45, 2.75) is 13.8 Å².